The zero-order valence-electron chi connectivity index (χ0n) is 36.2. The Morgan fingerprint density at radius 1 is 0.722 bits per heavy atom. The van der Waals surface area contributed by atoms with Gasteiger partial charge in [-0.1, -0.05) is 116 Å². The summed E-state index contributed by atoms with van der Waals surface area (Å²) < 4.78 is 35.6. The maximum atomic E-state index is 10.2. The molecule has 0 amide bonds. The molecule has 4 aromatic carbocycles. The fourth-order valence-corrected chi connectivity index (χ4v) is 8.71. The zero-order valence-corrected chi connectivity index (χ0v) is 34.2. The highest BCUT2D eigenvalue weighted by molar-refractivity contribution is 6.89. The largest absolute Gasteiger partial charge is 0.454 e. The van der Waals surface area contributed by atoms with Crippen molar-refractivity contribution in [3.05, 3.63) is 113 Å². The van der Waals surface area contributed by atoms with Crippen LogP contribution in [0, 0.1) is 25.1 Å². The van der Waals surface area contributed by atoms with E-state index in [1.165, 1.54) is 0 Å². The lowest BCUT2D eigenvalue weighted by atomic mass is 9.92. The summed E-state index contributed by atoms with van der Waals surface area (Å²) in [6, 6.07) is 28.1. The van der Waals surface area contributed by atoms with Crippen LogP contribution in [0.15, 0.2) is 89.5 Å². The maximum absolute atomic E-state index is 10.2. The number of nitriles is 1. The molecule has 0 bridgehead atoms. The summed E-state index contributed by atoms with van der Waals surface area (Å²) in [5.41, 5.74) is 8.12. The van der Waals surface area contributed by atoms with Crippen molar-refractivity contribution in [3.63, 3.8) is 0 Å². The number of rotatable bonds is 5. The Labute approximate surface area is 324 Å². The Kier molecular flexibility index (Phi) is 8.06. The van der Waals surface area contributed by atoms with E-state index in [0.717, 1.165) is 49.5 Å². The smallest absolute Gasteiger partial charge is 0.216 e. The van der Waals surface area contributed by atoms with Crippen molar-refractivity contribution < 1.29 is 13.1 Å². The standard InChI is InChI=1S/C47H50N5OSi/c1-28-18-21-34-35-23-20-32(26-48)40(30-16-14-13-15-17-30)42(35)53-41(34)39(28)37-25-36(38(27-52(37)9)54(10,11)12)33-22-19-31(24-29(33)2)43-49-44(46(3,4)5)51-45(50-43)47(6,7)8/h13-25,27H,1-12H3/q+1/i2D3. The summed E-state index contributed by atoms with van der Waals surface area (Å²) in [5.74, 6) is 1.78. The molecule has 0 fully saturated rings. The highest BCUT2D eigenvalue weighted by Crippen LogP contribution is 2.42. The van der Waals surface area contributed by atoms with E-state index in [-0.39, 0.29) is 16.4 Å². The van der Waals surface area contributed by atoms with Gasteiger partial charge in [-0.05, 0) is 59.8 Å². The number of fused-ring (bicyclic) bond motifs is 3. The van der Waals surface area contributed by atoms with Crippen LogP contribution in [-0.2, 0) is 17.9 Å². The molecule has 7 rings (SSSR count). The topological polar surface area (TPSA) is 79.5 Å². The average Bonchev–Trinajstić information content (AvgIpc) is 3.51. The van der Waals surface area contributed by atoms with Gasteiger partial charge in [0.15, 0.2) is 12.0 Å². The number of hydrogen-bond acceptors (Lipinski definition) is 5. The van der Waals surface area contributed by atoms with Gasteiger partial charge in [0.25, 0.3) is 0 Å². The van der Waals surface area contributed by atoms with Crippen LogP contribution in [0.3, 0.4) is 0 Å². The van der Waals surface area contributed by atoms with Crippen molar-refractivity contribution in [2.45, 2.75) is 85.8 Å². The third kappa shape index (κ3) is 6.54. The normalized spacial score (nSPS) is 13.5. The van der Waals surface area contributed by atoms with E-state index in [1.54, 1.807) is 6.07 Å². The van der Waals surface area contributed by atoms with Crippen molar-refractivity contribution in [2.24, 2.45) is 7.05 Å². The molecular weight excluding hydrogens is 679 g/mol. The van der Waals surface area contributed by atoms with Crippen LogP contribution in [0.2, 0.25) is 19.6 Å². The summed E-state index contributed by atoms with van der Waals surface area (Å²) in [4.78, 5) is 14.6. The van der Waals surface area contributed by atoms with Crippen LogP contribution in [0.4, 0.5) is 0 Å². The highest BCUT2D eigenvalue weighted by Gasteiger charge is 2.31. The molecule has 0 aliphatic heterocycles. The molecule has 6 nitrogen and oxygen atoms in total. The van der Waals surface area contributed by atoms with Crippen LogP contribution >= 0.6 is 0 Å². The van der Waals surface area contributed by atoms with Gasteiger partial charge in [-0.2, -0.15) is 5.26 Å². The Bertz CT molecular complexity index is 2730. The Morgan fingerprint density at radius 3 is 1.94 bits per heavy atom. The lowest BCUT2D eigenvalue weighted by molar-refractivity contribution is -0.659. The zero-order chi connectivity index (χ0) is 41.4. The molecule has 0 radical (unpaired) electrons. The molecule has 54 heavy (non-hydrogen) atoms. The number of nitrogens with zero attached hydrogens (tertiary/aromatic N) is 5. The molecule has 3 heterocycles. The Morgan fingerprint density at radius 2 is 1.35 bits per heavy atom. The third-order valence-corrected chi connectivity index (χ3v) is 12.1. The van der Waals surface area contributed by atoms with E-state index in [2.05, 4.69) is 103 Å². The summed E-state index contributed by atoms with van der Waals surface area (Å²) in [7, 11) is -0.0304. The Balaban J connectivity index is 1.50. The highest BCUT2D eigenvalue weighted by atomic mass is 28.3. The minimum absolute atomic E-state index is 0.240. The molecule has 0 unspecified atom stereocenters. The summed E-state index contributed by atoms with van der Waals surface area (Å²) in [5, 5.41) is 13.2. The molecular formula is C47H50N5OSi+. The van der Waals surface area contributed by atoms with E-state index < -0.39 is 14.9 Å². The molecule has 0 N–H and O–H groups in total. The number of aryl methyl sites for hydroxylation is 3. The minimum Gasteiger partial charge on any atom is -0.454 e. The number of furan rings is 1. The van der Waals surface area contributed by atoms with Crippen molar-refractivity contribution in [1.82, 2.24) is 15.0 Å². The SMILES string of the molecule is [2H]C([2H])([2H])c1cc(-c2nc(C(C)(C)C)nc(C(C)(C)C)n2)ccc1-c1cc(-c2c(C)ccc3c2oc2c(-c4ccccc4)c(C#N)ccc23)[n+](C)cc1[Si](C)(C)C. The van der Waals surface area contributed by atoms with Crippen LogP contribution in [0.25, 0.3) is 66.8 Å². The lowest BCUT2D eigenvalue weighted by Gasteiger charge is -2.23. The first-order chi connectivity index (χ1) is 26.6. The van der Waals surface area contributed by atoms with Crippen LogP contribution < -0.4 is 9.75 Å². The van der Waals surface area contributed by atoms with Gasteiger partial charge in [-0.15, -0.1) is 0 Å². The molecule has 0 atom stereocenters. The molecule has 7 heteroatoms. The number of benzene rings is 4. The molecule has 0 aliphatic carbocycles. The van der Waals surface area contributed by atoms with Gasteiger partial charge in [-0.25, -0.2) is 19.5 Å². The van der Waals surface area contributed by atoms with Crippen molar-refractivity contribution >= 4 is 35.2 Å². The number of hydrogen-bond donors (Lipinski definition) is 0. The van der Waals surface area contributed by atoms with Crippen LogP contribution in [-0.4, -0.2) is 23.0 Å². The van der Waals surface area contributed by atoms with Gasteiger partial charge in [-0.3, -0.25) is 0 Å². The van der Waals surface area contributed by atoms with Gasteiger partial charge in [0.2, 0.25) is 5.69 Å². The molecule has 0 aliphatic rings. The minimum atomic E-state index is -2.44. The first-order valence-corrected chi connectivity index (χ1v) is 22.0. The maximum Gasteiger partial charge on any atom is 0.216 e. The fraction of sp³-hybridized carbons (Fsp3) is 0.298. The molecule has 3 aromatic heterocycles. The van der Waals surface area contributed by atoms with Gasteiger partial charge in [0.05, 0.1) is 25.3 Å². The second-order valence-corrected chi connectivity index (χ2v) is 22.5. The van der Waals surface area contributed by atoms with Crippen LogP contribution in [0.5, 0.6) is 0 Å². The van der Waals surface area contributed by atoms with E-state index in [1.807, 2.05) is 61.6 Å². The summed E-state index contributed by atoms with van der Waals surface area (Å²) >= 11 is 0. The molecule has 0 saturated carbocycles. The first kappa shape index (κ1) is 33.1. The predicted octanol–water partition coefficient (Wildman–Crippen LogP) is 10.9. The molecule has 7 aromatic rings. The van der Waals surface area contributed by atoms with Crippen molar-refractivity contribution in [1.29, 1.82) is 5.26 Å². The first-order valence-electron chi connectivity index (χ1n) is 20.0. The monoisotopic (exact) mass is 731 g/mol. The van der Waals surface area contributed by atoms with E-state index in [0.29, 0.717) is 45.3 Å². The lowest BCUT2D eigenvalue weighted by Crippen LogP contribution is -2.46. The van der Waals surface area contributed by atoms with Gasteiger partial charge in [0.1, 0.15) is 29.9 Å². The Hall–Kier alpha value is -5.45. The van der Waals surface area contributed by atoms with E-state index in [4.69, 9.17) is 23.5 Å². The van der Waals surface area contributed by atoms with E-state index >= 15 is 0 Å². The molecule has 272 valence electrons. The second kappa shape index (κ2) is 13.1. The predicted molar refractivity (Wildman–Crippen MR) is 225 cm³/mol. The van der Waals surface area contributed by atoms with Gasteiger partial charge < -0.3 is 4.42 Å². The van der Waals surface area contributed by atoms with Crippen molar-refractivity contribution in [2.75, 3.05) is 0 Å². The van der Waals surface area contributed by atoms with Gasteiger partial charge in [0, 0.05) is 48.1 Å². The van der Waals surface area contributed by atoms with Gasteiger partial charge >= 0.3 is 0 Å². The quantitative estimate of drug-likeness (QED) is 0.130. The summed E-state index contributed by atoms with van der Waals surface area (Å²) in [6.45, 7) is 18.9. The van der Waals surface area contributed by atoms with Crippen molar-refractivity contribution in [3.8, 4) is 51.0 Å². The fourth-order valence-electron chi connectivity index (χ4n) is 7.12. The molecule has 0 saturated heterocycles. The number of aromatic nitrogens is 4. The number of pyridine rings is 1. The second-order valence-electron chi connectivity index (χ2n) is 17.5. The van der Waals surface area contributed by atoms with Crippen LogP contribution in [0.1, 0.15) is 74.0 Å². The van der Waals surface area contributed by atoms with E-state index in [9.17, 15) is 5.26 Å². The molecule has 0 spiro atoms. The average molecular weight is 732 g/mol. The summed E-state index contributed by atoms with van der Waals surface area (Å²) in [6.07, 6.45) is 2.18. The third-order valence-electron chi connectivity index (χ3n) is 10.1.